The SMILES string of the molecule is CC(OC(=O)C1(c2ccc(F)cc2)CCCC1)C(=O)Nc1ccc(N(C)C)cc1. The second-order valence-corrected chi connectivity index (χ2v) is 7.77. The highest BCUT2D eigenvalue weighted by molar-refractivity contribution is 5.96. The van der Waals surface area contributed by atoms with Crippen LogP contribution in [-0.4, -0.2) is 32.1 Å². The van der Waals surface area contributed by atoms with Gasteiger partial charge in [-0.2, -0.15) is 0 Å². The molecule has 0 aliphatic heterocycles. The number of esters is 1. The van der Waals surface area contributed by atoms with Gasteiger partial charge in [-0.1, -0.05) is 25.0 Å². The molecular weight excluding hydrogens is 371 g/mol. The molecule has 1 aliphatic carbocycles. The number of benzene rings is 2. The number of anilines is 2. The molecule has 1 atom stereocenters. The highest BCUT2D eigenvalue weighted by atomic mass is 19.1. The Labute approximate surface area is 170 Å². The molecule has 1 amide bonds. The first-order valence-corrected chi connectivity index (χ1v) is 9.87. The Morgan fingerprint density at radius 2 is 1.62 bits per heavy atom. The lowest BCUT2D eigenvalue weighted by Gasteiger charge is -2.28. The van der Waals surface area contributed by atoms with Gasteiger partial charge in [0.2, 0.25) is 0 Å². The molecule has 5 nitrogen and oxygen atoms in total. The zero-order valence-corrected chi connectivity index (χ0v) is 17.1. The Morgan fingerprint density at radius 1 is 1.03 bits per heavy atom. The molecule has 0 radical (unpaired) electrons. The lowest BCUT2D eigenvalue weighted by molar-refractivity contribution is -0.159. The molecule has 1 fully saturated rings. The Morgan fingerprint density at radius 3 is 2.17 bits per heavy atom. The summed E-state index contributed by atoms with van der Waals surface area (Å²) in [6.07, 6.45) is 2.13. The third-order valence-electron chi connectivity index (χ3n) is 5.55. The van der Waals surface area contributed by atoms with Crippen LogP contribution in [-0.2, 0) is 19.7 Å². The largest absolute Gasteiger partial charge is 0.452 e. The molecule has 0 saturated heterocycles. The van der Waals surface area contributed by atoms with Crippen molar-refractivity contribution >= 4 is 23.3 Å². The third-order valence-corrected chi connectivity index (χ3v) is 5.55. The summed E-state index contributed by atoms with van der Waals surface area (Å²) in [4.78, 5) is 27.5. The van der Waals surface area contributed by atoms with Gasteiger partial charge in [0.1, 0.15) is 5.82 Å². The van der Waals surface area contributed by atoms with E-state index < -0.39 is 17.5 Å². The number of nitrogens with one attached hydrogen (secondary N) is 1. The van der Waals surface area contributed by atoms with E-state index in [4.69, 9.17) is 4.74 Å². The van der Waals surface area contributed by atoms with Crippen LogP contribution in [0.15, 0.2) is 48.5 Å². The fraction of sp³-hybridized carbons (Fsp3) is 0.391. The lowest BCUT2D eigenvalue weighted by atomic mass is 9.79. The van der Waals surface area contributed by atoms with Gasteiger partial charge in [-0.15, -0.1) is 0 Å². The summed E-state index contributed by atoms with van der Waals surface area (Å²) < 4.78 is 18.9. The second-order valence-electron chi connectivity index (χ2n) is 7.77. The number of hydrogen-bond donors (Lipinski definition) is 1. The molecule has 6 heteroatoms. The van der Waals surface area contributed by atoms with Crippen LogP contribution in [0.4, 0.5) is 15.8 Å². The predicted molar refractivity (Wildman–Crippen MR) is 111 cm³/mol. The number of carbonyl (C=O) groups is 2. The van der Waals surface area contributed by atoms with E-state index in [1.54, 1.807) is 31.2 Å². The van der Waals surface area contributed by atoms with E-state index in [0.717, 1.165) is 24.1 Å². The summed E-state index contributed by atoms with van der Waals surface area (Å²) in [5.74, 6) is -1.15. The highest BCUT2D eigenvalue weighted by Crippen LogP contribution is 2.42. The Bertz CT molecular complexity index is 857. The fourth-order valence-corrected chi connectivity index (χ4v) is 3.77. The molecule has 1 aliphatic rings. The fourth-order valence-electron chi connectivity index (χ4n) is 3.77. The van der Waals surface area contributed by atoms with E-state index in [1.807, 2.05) is 31.1 Å². The summed E-state index contributed by atoms with van der Waals surface area (Å²) in [6.45, 7) is 1.56. The monoisotopic (exact) mass is 398 g/mol. The molecule has 2 aromatic rings. The minimum absolute atomic E-state index is 0.344. The summed E-state index contributed by atoms with van der Waals surface area (Å²) in [7, 11) is 3.88. The van der Waals surface area contributed by atoms with E-state index in [2.05, 4.69) is 5.32 Å². The van der Waals surface area contributed by atoms with Gasteiger partial charge in [-0.3, -0.25) is 9.59 Å². The summed E-state index contributed by atoms with van der Waals surface area (Å²) in [6, 6.07) is 13.4. The second kappa shape index (κ2) is 8.64. The van der Waals surface area contributed by atoms with E-state index >= 15 is 0 Å². The maximum Gasteiger partial charge on any atom is 0.317 e. The molecule has 1 unspecified atom stereocenters. The van der Waals surface area contributed by atoms with Gasteiger partial charge >= 0.3 is 5.97 Å². The quantitative estimate of drug-likeness (QED) is 0.738. The van der Waals surface area contributed by atoms with Gasteiger partial charge in [0, 0.05) is 25.5 Å². The average Bonchev–Trinajstić information content (AvgIpc) is 3.20. The van der Waals surface area contributed by atoms with Crippen molar-refractivity contribution in [2.75, 3.05) is 24.3 Å². The Kier molecular flexibility index (Phi) is 6.20. The van der Waals surface area contributed by atoms with Crippen molar-refractivity contribution in [1.82, 2.24) is 0 Å². The van der Waals surface area contributed by atoms with Gasteiger partial charge in [-0.25, -0.2) is 4.39 Å². The molecule has 1 N–H and O–H groups in total. The number of nitrogens with zero attached hydrogens (tertiary/aromatic N) is 1. The number of carbonyl (C=O) groups excluding carboxylic acids is 2. The van der Waals surface area contributed by atoms with Crippen molar-refractivity contribution < 1.29 is 18.7 Å². The number of ether oxygens (including phenoxy) is 1. The van der Waals surface area contributed by atoms with Crippen LogP contribution < -0.4 is 10.2 Å². The van der Waals surface area contributed by atoms with Crippen LogP contribution in [0.5, 0.6) is 0 Å². The lowest BCUT2D eigenvalue weighted by Crippen LogP contribution is -2.39. The summed E-state index contributed by atoms with van der Waals surface area (Å²) in [5.41, 5.74) is 1.59. The molecule has 0 bridgehead atoms. The van der Waals surface area contributed by atoms with E-state index in [9.17, 15) is 14.0 Å². The van der Waals surface area contributed by atoms with Crippen LogP contribution in [0.3, 0.4) is 0 Å². The minimum atomic E-state index is -0.936. The smallest absolute Gasteiger partial charge is 0.317 e. The van der Waals surface area contributed by atoms with Crippen LogP contribution in [0.2, 0.25) is 0 Å². The van der Waals surface area contributed by atoms with Gasteiger partial charge in [0.05, 0.1) is 5.41 Å². The molecule has 0 aromatic heterocycles. The Balaban J connectivity index is 1.68. The van der Waals surface area contributed by atoms with Crippen LogP contribution in [0.25, 0.3) is 0 Å². The molecule has 154 valence electrons. The molecule has 0 heterocycles. The van der Waals surface area contributed by atoms with E-state index in [-0.39, 0.29) is 11.7 Å². The standard InChI is InChI=1S/C23H27FN2O3/c1-16(21(27)25-19-10-12-20(13-11-19)26(2)3)29-22(28)23(14-4-5-15-23)17-6-8-18(24)9-7-17/h6-13,16H,4-5,14-15H2,1-3H3,(H,25,27). The van der Waals surface area contributed by atoms with Crippen molar-refractivity contribution in [1.29, 1.82) is 0 Å². The van der Waals surface area contributed by atoms with Gasteiger partial charge in [0.15, 0.2) is 6.10 Å². The zero-order chi connectivity index (χ0) is 21.0. The summed E-state index contributed by atoms with van der Waals surface area (Å²) in [5, 5.41) is 2.78. The van der Waals surface area contributed by atoms with E-state index in [1.165, 1.54) is 12.1 Å². The molecule has 29 heavy (non-hydrogen) atoms. The zero-order valence-electron chi connectivity index (χ0n) is 17.1. The van der Waals surface area contributed by atoms with Crippen LogP contribution in [0.1, 0.15) is 38.2 Å². The number of rotatable bonds is 6. The van der Waals surface area contributed by atoms with Gasteiger partial charge < -0.3 is 15.0 Å². The Hall–Kier alpha value is -2.89. The van der Waals surface area contributed by atoms with Crippen molar-refractivity contribution in [3.05, 3.63) is 59.9 Å². The maximum atomic E-state index is 13.3. The molecular formula is C23H27FN2O3. The first kappa shape index (κ1) is 20.8. The minimum Gasteiger partial charge on any atom is -0.452 e. The molecule has 3 rings (SSSR count). The topological polar surface area (TPSA) is 58.6 Å². The number of hydrogen-bond acceptors (Lipinski definition) is 4. The average molecular weight is 398 g/mol. The van der Waals surface area contributed by atoms with E-state index in [0.29, 0.717) is 18.5 Å². The third kappa shape index (κ3) is 4.58. The molecule has 2 aromatic carbocycles. The first-order valence-electron chi connectivity index (χ1n) is 9.87. The highest BCUT2D eigenvalue weighted by Gasteiger charge is 2.45. The number of amides is 1. The van der Waals surface area contributed by atoms with Gasteiger partial charge in [-0.05, 0) is 61.7 Å². The predicted octanol–water partition coefficient (Wildman–Crippen LogP) is 4.27. The van der Waals surface area contributed by atoms with Gasteiger partial charge in [0.25, 0.3) is 5.91 Å². The van der Waals surface area contributed by atoms with Crippen LogP contribution >= 0.6 is 0 Å². The molecule has 0 spiro atoms. The maximum absolute atomic E-state index is 13.3. The molecule has 1 saturated carbocycles. The van der Waals surface area contributed by atoms with Crippen molar-refractivity contribution in [2.24, 2.45) is 0 Å². The first-order chi connectivity index (χ1) is 13.8. The normalized spacial score (nSPS) is 16.1. The number of halogens is 1. The van der Waals surface area contributed by atoms with Crippen molar-refractivity contribution in [3.8, 4) is 0 Å². The van der Waals surface area contributed by atoms with Crippen LogP contribution in [0, 0.1) is 5.82 Å². The van der Waals surface area contributed by atoms with Crippen molar-refractivity contribution in [2.45, 2.75) is 44.1 Å². The van der Waals surface area contributed by atoms with Crippen molar-refractivity contribution in [3.63, 3.8) is 0 Å². The summed E-state index contributed by atoms with van der Waals surface area (Å²) >= 11 is 0.